The lowest BCUT2D eigenvalue weighted by Crippen LogP contribution is -2.34. The van der Waals surface area contributed by atoms with Gasteiger partial charge >= 0.3 is 0 Å². The van der Waals surface area contributed by atoms with E-state index in [-0.39, 0.29) is 18.2 Å². The number of hydrogen-bond donors (Lipinski definition) is 1. The summed E-state index contributed by atoms with van der Waals surface area (Å²) in [6, 6.07) is 13.7. The van der Waals surface area contributed by atoms with Gasteiger partial charge in [-0.05, 0) is 37.1 Å². The number of anilines is 1. The zero-order valence-corrected chi connectivity index (χ0v) is 15.8. The molecule has 0 aliphatic carbocycles. The summed E-state index contributed by atoms with van der Waals surface area (Å²) >= 11 is 0. The molecule has 0 bridgehead atoms. The van der Waals surface area contributed by atoms with Gasteiger partial charge in [0.1, 0.15) is 5.75 Å². The minimum atomic E-state index is -0.125. The summed E-state index contributed by atoms with van der Waals surface area (Å²) in [6.45, 7) is 6.25. The molecule has 138 valence electrons. The highest BCUT2D eigenvalue weighted by Gasteiger charge is 2.17. The highest BCUT2D eigenvalue weighted by atomic mass is 16.5. The largest absolute Gasteiger partial charge is 0.495 e. The highest BCUT2D eigenvalue weighted by molar-refractivity contribution is 5.94. The van der Waals surface area contributed by atoms with Crippen LogP contribution in [0.4, 0.5) is 5.69 Å². The molecule has 5 nitrogen and oxygen atoms in total. The summed E-state index contributed by atoms with van der Waals surface area (Å²) in [6.07, 6.45) is 0.225. The monoisotopic (exact) mass is 354 g/mol. The van der Waals surface area contributed by atoms with Crippen molar-refractivity contribution in [1.82, 2.24) is 5.32 Å². The van der Waals surface area contributed by atoms with Crippen LogP contribution < -0.4 is 15.0 Å². The van der Waals surface area contributed by atoms with Crippen LogP contribution in [0, 0.1) is 13.8 Å². The summed E-state index contributed by atoms with van der Waals surface area (Å²) in [5.74, 6) is 0.398. The van der Waals surface area contributed by atoms with Crippen molar-refractivity contribution in [2.75, 3.05) is 18.6 Å². The molecule has 0 aromatic heterocycles. The lowest BCUT2D eigenvalue weighted by Gasteiger charge is -2.23. The molecular formula is C21H26N2O3. The Kier molecular flexibility index (Phi) is 6.78. The Balaban J connectivity index is 1.98. The van der Waals surface area contributed by atoms with Crippen LogP contribution in [0.5, 0.6) is 5.75 Å². The number of aryl methyl sites for hydroxylation is 2. The fourth-order valence-electron chi connectivity index (χ4n) is 2.67. The molecule has 0 saturated heterocycles. The predicted octanol–water partition coefficient (Wildman–Crippen LogP) is 3.37. The molecule has 0 radical (unpaired) electrons. The minimum Gasteiger partial charge on any atom is -0.495 e. The molecule has 2 aromatic carbocycles. The second-order valence-electron chi connectivity index (χ2n) is 6.36. The Morgan fingerprint density at radius 1 is 1.04 bits per heavy atom. The van der Waals surface area contributed by atoms with E-state index in [1.54, 1.807) is 12.0 Å². The number of nitrogens with zero attached hydrogens (tertiary/aromatic N) is 1. The molecule has 5 heteroatoms. The molecular weight excluding hydrogens is 328 g/mol. The van der Waals surface area contributed by atoms with Crippen LogP contribution in [0.1, 0.15) is 30.0 Å². The molecule has 0 aliphatic rings. The molecule has 0 fully saturated rings. The third kappa shape index (κ3) is 5.34. The van der Waals surface area contributed by atoms with Gasteiger partial charge < -0.3 is 15.0 Å². The van der Waals surface area contributed by atoms with Crippen LogP contribution in [0.25, 0.3) is 0 Å². The van der Waals surface area contributed by atoms with Crippen LogP contribution >= 0.6 is 0 Å². The van der Waals surface area contributed by atoms with Gasteiger partial charge in [0, 0.05) is 26.4 Å². The van der Waals surface area contributed by atoms with E-state index in [1.165, 1.54) is 12.5 Å². The van der Waals surface area contributed by atoms with Gasteiger partial charge in [0.05, 0.1) is 12.8 Å². The van der Waals surface area contributed by atoms with E-state index in [1.807, 2.05) is 56.3 Å². The molecule has 1 N–H and O–H groups in total. The lowest BCUT2D eigenvalue weighted by atomic mass is 10.1. The number of hydrogen-bond acceptors (Lipinski definition) is 3. The molecule has 0 saturated carbocycles. The average Bonchev–Trinajstić information content (AvgIpc) is 2.61. The predicted molar refractivity (Wildman–Crippen MR) is 103 cm³/mol. The lowest BCUT2D eigenvalue weighted by molar-refractivity contribution is -0.121. The van der Waals surface area contributed by atoms with Crippen molar-refractivity contribution in [2.45, 2.75) is 33.7 Å². The first kappa shape index (κ1) is 19.5. The van der Waals surface area contributed by atoms with Crippen LogP contribution in [0.15, 0.2) is 42.5 Å². The van der Waals surface area contributed by atoms with Crippen LogP contribution in [0.2, 0.25) is 0 Å². The molecule has 0 aliphatic heterocycles. The topological polar surface area (TPSA) is 58.6 Å². The quantitative estimate of drug-likeness (QED) is 0.829. The van der Waals surface area contributed by atoms with Crippen molar-refractivity contribution < 1.29 is 14.3 Å². The van der Waals surface area contributed by atoms with Crippen molar-refractivity contribution in [3.63, 3.8) is 0 Å². The average molecular weight is 354 g/mol. The first-order chi connectivity index (χ1) is 12.4. The van der Waals surface area contributed by atoms with E-state index in [4.69, 9.17) is 4.74 Å². The van der Waals surface area contributed by atoms with Gasteiger partial charge in [0.15, 0.2) is 0 Å². The van der Waals surface area contributed by atoms with Crippen molar-refractivity contribution in [2.24, 2.45) is 0 Å². The normalized spacial score (nSPS) is 10.3. The third-order valence-electron chi connectivity index (χ3n) is 4.18. The first-order valence-corrected chi connectivity index (χ1v) is 8.65. The van der Waals surface area contributed by atoms with Crippen LogP contribution in [-0.2, 0) is 16.1 Å². The summed E-state index contributed by atoms with van der Waals surface area (Å²) in [5, 5.41) is 2.90. The van der Waals surface area contributed by atoms with Gasteiger partial charge in [-0.3, -0.25) is 9.59 Å². The summed E-state index contributed by atoms with van der Waals surface area (Å²) < 4.78 is 5.36. The van der Waals surface area contributed by atoms with Gasteiger partial charge in [-0.1, -0.05) is 35.9 Å². The number of benzene rings is 2. The summed E-state index contributed by atoms with van der Waals surface area (Å²) in [4.78, 5) is 25.8. The SMILES string of the molecule is COc1ccc(C)cc1N(CCC(=O)NCc1ccc(C)cc1)C(C)=O. The second-order valence-corrected chi connectivity index (χ2v) is 6.36. The smallest absolute Gasteiger partial charge is 0.223 e. The van der Waals surface area contributed by atoms with E-state index in [9.17, 15) is 9.59 Å². The molecule has 0 spiro atoms. The number of amides is 2. The second kappa shape index (κ2) is 9.04. The molecule has 2 aromatic rings. The van der Waals surface area contributed by atoms with Gasteiger partial charge in [-0.15, -0.1) is 0 Å². The fraction of sp³-hybridized carbons (Fsp3) is 0.333. The van der Waals surface area contributed by atoms with Crippen LogP contribution in [-0.4, -0.2) is 25.5 Å². The third-order valence-corrected chi connectivity index (χ3v) is 4.18. The van der Waals surface area contributed by atoms with Crippen molar-refractivity contribution in [3.8, 4) is 5.75 Å². The minimum absolute atomic E-state index is 0.0940. The Bertz CT molecular complexity index is 769. The summed E-state index contributed by atoms with van der Waals surface area (Å²) in [7, 11) is 1.57. The van der Waals surface area contributed by atoms with Crippen LogP contribution in [0.3, 0.4) is 0 Å². The number of ether oxygens (including phenoxy) is 1. The summed E-state index contributed by atoms with van der Waals surface area (Å²) in [5.41, 5.74) is 3.94. The van der Waals surface area contributed by atoms with E-state index in [0.29, 0.717) is 24.5 Å². The number of methoxy groups -OCH3 is 1. The van der Waals surface area contributed by atoms with Gasteiger partial charge in [-0.2, -0.15) is 0 Å². The number of nitrogens with one attached hydrogen (secondary N) is 1. The highest BCUT2D eigenvalue weighted by Crippen LogP contribution is 2.29. The Hall–Kier alpha value is -2.82. The van der Waals surface area contributed by atoms with E-state index >= 15 is 0 Å². The molecule has 26 heavy (non-hydrogen) atoms. The molecule has 2 amide bonds. The number of carbonyl (C=O) groups excluding carboxylic acids is 2. The molecule has 0 unspecified atom stereocenters. The fourth-order valence-corrected chi connectivity index (χ4v) is 2.67. The van der Waals surface area contributed by atoms with Gasteiger partial charge in [-0.25, -0.2) is 0 Å². The standard InChI is InChI=1S/C21H26N2O3/c1-15-5-8-18(9-6-15)14-22-21(25)11-12-23(17(3)24)19-13-16(2)7-10-20(19)26-4/h5-10,13H,11-12,14H2,1-4H3,(H,22,25). The maximum absolute atomic E-state index is 12.2. The molecule has 0 heterocycles. The maximum atomic E-state index is 12.2. The zero-order valence-electron chi connectivity index (χ0n) is 15.8. The number of rotatable bonds is 7. The van der Waals surface area contributed by atoms with E-state index in [0.717, 1.165) is 11.1 Å². The maximum Gasteiger partial charge on any atom is 0.223 e. The van der Waals surface area contributed by atoms with Gasteiger partial charge in [0.25, 0.3) is 0 Å². The Morgan fingerprint density at radius 2 is 1.69 bits per heavy atom. The first-order valence-electron chi connectivity index (χ1n) is 8.65. The zero-order chi connectivity index (χ0) is 19.1. The molecule has 2 rings (SSSR count). The van der Waals surface area contributed by atoms with Crippen molar-refractivity contribution >= 4 is 17.5 Å². The Labute approximate surface area is 155 Å². The van der Waals surface area contributed by atoms with E-state index < -0.39 is 0 Å². The Morgan fingerprint density at radius 3 is 2.31 bits per heavy atom. The van der Waals surface area contributed by atoms with Crippen molar-refractivity contribution in [3.05, 3.63) is 59.2 Å². The van der Waals surface area contributed by atoms with Crippen molar-refractivity contribution in [1.29, 1.82) is 0 Å². The number of carbonyl (C=O) groups is 2. The van der Waals surface area contributed by atoms with Gasteiger partial charge in [0.2, 0.25) is 11.8 Å². The molecule has 0 atom stereocenters. The van der Waals surface area contributed by atoms with E-state index in [2.05, 4.69) is 5.32 Å².